The minimum Gasteiger partial charge on any atom is -0.435 e. The van der Waals surface area contributed by atoms with Gasteiger partial charge in [-0.3, -0.25) is 0 Å². The summed E-state index contributed by atoms with van der Waals surface area (Å²) in [6, 6.07) is 11.4. The molecular formula is C20H14F2N2O. The van der Waals surface area contributed by atoms with Crippen LogP contribution < -0.4 is 4.74 Å². The number of ether oxygens (including phenoxy) is 1. The third-order valence-electron chi connectivity index (χ3n) is 3.35. The molecule has 0 saturated carbocycles. The number of hydrogen-bond donors (Lipinski definition) is 0. The molecule has 0 unspecified atom stereocenters. The van der Waals surface area contributed by atoms with Gasteiger partial charge in [0.2, 0.25) is 6.54 Å². The van der Waals surface area contributed by atoms with Crippen molar-refractivity contribution in [3.8, 4) is 17.6 Å². The zero-order chi connectivity index (χ0) is 18.1. The van der Waals surface area contributed by atoms with Gasteiger partial charge in [-0.25, -0.2) is 11.4 Å². The Balaban J connectivity index is 2.15. The molecular weight excluding hydrogens is 322 g/mol. The molecule has 0 fully saturated rings. The molecule has 0 heterocycles. The van der Waals surface area contributed by atoms with Gasteiger partial charge in [0.05, 0.1) is 6.57 Å². The summed E-state index contributed by atoms with van der Waals surface area (Å²) in [7, 11) is 0. The van der Waals surface area contributed by atoms with Crippen molar-refractivity contribution in [1.29, 1.82) is 0 Å². The van der Waals surface area contributed by atoms with Crippen LogP contribution in [-0.2, 0) is 6.42 Å². The van der Waals surface area contributed by atoms with Crippen LogP contribution in [0, 0.1) is 25.0 Å². The standard InChI is InChI=1S/C20H14F2N2O/c1-23-13-3-4-17-14-16(9-12-19(17)24-2)6-5-15-7-10-18(11-8-15)25-20(21)22/h7-12,14,20H,3-4,13H2. The lowest BCUT2D eigenvalue weighted by atomic mass is 10.0. The maximum absolute atomic E-state index is 12.1. The predicted molar refractivity (Wildman–Crippen MR) is 91.5 cm³/mol. The molecule has 0 aliphatic rings. The normalized spacial score (nSPS) is 9.64. The van der Waals surface area contributed by atoms with Crippen molar-refractivity contribution >= 4 is 5.69 Å². The Kier molecular flexibility index (Phi) is 6.52. The summed E-state index contributed by atoms with van der Waals surface area (Å²) in [6.45, 7) is 11.6. The summed E-state index contributed by atoms with van der Waals surface area (Å²) >= 11 is 0. The Morgan fingerprint density at radius 1 is 1.00 bits per heavy atom. The van der Waals surface area contributed by atoms with Crippen LogP contribution in [0.5, 0.6) is 5.75 Å². The van der Waals surface area contributed by atoms with Gasteiger partial charge in [-0.15, -0.1) is 0 Å². The smallest absolute Gasteiger partial charge is 0.387 e. The zero-order valence-corrected chi connectivity index (χ0v) is 13.3. The van der Waals surface area contributed by atoms with Crippen molar-refractivity contribution in [2.24, 2.45) is 0 Å². The molecule has 2 aromatic carbocycles. The van der Waals surface area contributed by atoms with E-state index in [4.69, 9.17) is 13.1 Å². The van der Waals surface area contributed by atoms with Gasteiger partial charge in [-0.2, -0.15) is 8.78 Å². The fraction of sp³-hybridized carbons (Fsp3) is 0.200. The first kappa shape index (κ1) is 18.0. The lowest BCUT2D eigenvalue weighted by molar-refractivity contribution is -0.0498. The van der Waals surface area contributed by atoms with Crippen LogP contribution in [0.15, 0.2) is 42.5 Å². The number of hydrogen-bond acceptors (Lipinski definition) is 1. The zero-order valence-electron chi connectivity index (χ0n) is 13.3. The Hall–Kier alpha value is -3.36. The van der Waals surface area contributed by atoms with Crippen molar-refractivity contribution in [3.63, 3.8) is 0 Å². The average Bonchev–Trinajstić information content (AvgIpc) is 2.61. The number of benzene rings is 2. The number of aryl methyl sites for hydroxylation is 1. The van der Waals surface area contributed by atoms with Crippen molar-refractivity contribution in [2.45, 2.75) is 19.5 Å². The highest BCUT2D eigenvalue weighted by molar-refractivity contribution is 5.57. The number of rotatable bonds is 5. The van der Waals surface area contributed by atoms with E-state index in [1.54, 1.807) is 24.3 Å². The molecule has 0 aliphatic carbocycles. The Bertz CT molecular complexity index is 866. The molecule has 3 nitrogen and oxygen atoms in total. The van der Waals surface area contributed by atoms with Gasteiger partial charge < -0.3 is 9.58 Å². The molecule has 25 heavy (non-hydrogen) atoms. The minimum absolute atomic E-state index is 0.0871. The number of nitrogens with zero attached hydrogens (tertiary/aromatic N) is 2. The lowest BCUT2D eigenvalue weighted by Gasteiger charge is -2.03. The molecule has 0 radical (unpaired) electrons. The first-order chi connectivity index (χ1) is 12.1. The van der Waals surface area contributed by atoms with Crippen LogP contribution in [0.3, 0.4) is 0 Å². The Morgan fingerprint density at radius 3 is 2.32 bits per heavy atom. The van der Waals surface area contributed by atoms with Gasteiger partial charge in [-0.1, -0.05) is 30.0 Å². The summed E-state index contributed by atoms with van der Waals surface area (Å²) in [4.78, 5) is 6.81. The van der Waals surface area contributed by atoms with E-state index in [1.807, 2.05) is 6.07 Å². The van der Waals surface area contributed by atoms with Crippen LogP contribution in [0.2, 0.25) is 0 Å². The molecule has 0 N–H and O–H groups in total. The Morgan fingerprint density at radius 2 is 1.68 bits per heavy atom. The molecule has 124 valence electrons. The quantitative estimate of drug-likeness (QED) is 0.422. The van der Waals surface area contributed by atoms with E-state index in [0.29, 0.717) is 30.6 Å². The second-order valence-electron chi connectivity index (χ2n) is 5.09. The molecule has 0 amide bonds. The molecule has 0 atom stereocenters. The fourth-order valence-electron chi connectivity index (χ4n) is 2.19. The molecule has 0 spiro atoms. The predicted octanol–water partition coefficient (Wildman–Crippen LogP) is 5.09. The second-order valence-corrected chi connectivity index (χ2v) is 5.09. The summed E-state index contributed by atoms with van der Waals surface area (Å²) < 4.78 is 28.5. The first-order valence-corrected chi connectivity index (χ1v) is 7.53. The fourth-order valence-corrected chi connectivity index (χ4v) is 2.19. The topological polar surface area (TPSA) is 17.9 Å². The van der Waals surface area contributed by atoms with Crippen LogP contribution in [0.1, 0.15) is 23.1 Å². The summed E-state index contributed by atoms with van der Waals surface area (Å²) in [5.74, 6) is 6.04. The highest BCUT2D eigenvalue weighted by atomic mass is 19.3. The van der Waals surface area contributed by atoms with E-state index in [9.17, 15) is 8.78 Å². The van der Waals surface area contributed by atoms with Gasteiger partial charge in [-0.05, 0) is 36.2 Å². The van der Waals surface area contributed by atoms with E-state index >= 15 is 0 Å². The third kappa shape index (κ3) is 5.65. The summed E-state index contributed by atoms with van der Waals surface area (Å²) in [5.41, 5.74) is 2.89. The van der Waals surface area contributed by atoms with Gasteiger partial charge >= 0.3 is 6.61 Å². The molecule has 0 bridgehead atoms. The van der Waals surface area contributed by atoms with Gasteiger partial charge in [0.1, 0.15) is 5.75 Å². The van der Waals surface area contributed by atoms with Crippen LogP contribution in [-0.4, -0.2) is 13.2 Å². The van der Waals surface area contributed by atoms with Crippen molar-refractivity contribution < 1.29 is 13.5 Å². The van der Waals surface area contributed by atoms with E-state index in [-0.39, 0.29) is 5.75 Å². The summed E-state index contributed by atoms with van der Waals surface area (Å²) in [6.07, 6.45) is 1.36. The molecule has 0 saturated heterocycles. The summed E-state index contributed by atoms with van der Waals surface area (Å²) in [5, 5.41) is 0. The van der Waals surface area contributed by atoms with E-state index in [2.05, 4.69) is 26.3 Å². The Labute approximate surface area is 145 Å². The monoisotopic (exact) mass is 336 g/mol. The molecule has 2 aromatic rings. The van der Waals surface area contributed by atoms with Crippen molar-refractivity contribution in [1.82, 2.24) is 0 Å². The second kappa shape index (κ2) is 9.06. The average molecular weight is 336 g/mol. The SMILES string of the molecule is [C-]#[N+]CCCc1cc(C#Cc2ccc(OC(F)F)cc2)ccc1[N+]#[C-]. The van der Waals surface area contributed by atoms with Gasteiger partial charge in [0.25, 0.3) is 0 Å². The maximum Gasteiger partial charge on any atom is 0.387 e. The molecule has 2 rings (SSSR count). The van der Waals surface area contributed by atoms with Crippen molar-refractivity contribution in [2.75, 3.05) is 6.54 Å². The van der Waals surface area contributed by atoms with E-state index in [1.165, 1.54) is 12.1 Å². The number of halogens is 2. The minimum atomic E-state index is -2.85. The molecule has 5 heteroatoms. The highest BCUT2D eigenvalue weighted by Crippen LogP contribution is 2.22. The van der Waals surface area contributed by atoms with Crippen molar-refractivity contribution in [3.05, 3.63) is 82.0 Å². The lowest BCUT2D eigenvalue weighted by Crippen LogP contribution is -2.01. The van der Waals surface area contributed by atoms with Crippen LogP contribution in [0.25, 0.3) is 9.69 Å². The van der Waals surface area contributed by atoms with Crippen LogP contribution >= 0.6 is 0 Å². The maximum atomic E-state index is 12.1. The molecule has 0 aromatic heterocycles. The van der Waals surface area contributed by atoms with Gasteiger partial charge in [0.15, 0.2) is 5.69 Å². The van der Waals surface area contributed by atoms with Crippen LogP contribution in [0.4, 0.5) is 14.5 Å². The third-order valence-corrected chi connectivity index (χ3v) is 3.35. The largest absolute Gasteiger partial charge is 0.435 e. The number of alkyl halides is 2. The molecule has 0 aliphatic heterocycles. The van der Waals surface area contributed by atoms with E-state index < -0.39 is 6.61 Å². The van der Waals surface area contributed by atoms with Gasteiger partial charge in [0, 0.05) is 17.5 Å². The first-order valence-electron chi connectivity index (χ1n) is 7.53. The highest BCUT2D eigenvalue weighted by Gasteiger charge is 2.04. The van der Waals surface area contributed by atoms with E-state index in [0.717, 1.165) is 11.1 Å².